The van der Waals surface area contributed by atoms with E-state index in [2.05, 4.69) is 41.3 Å². The van der Waals surface area contributed by atoms with E-state index in [9.17, 15) is 0 Å². The first kappa shape index (κ1) is 20.7. The molecule has 0 saturated carbocycles. The van der Waals surface area contributed by atoms with Crippen LogP contribution >= 0.6 is 0 Å². The van der Waals surface area contributed by atoms with Gasteiger partial charge in [0.1, 0.15) is 24.7 Å². The normalized spacial score (nSPS) is 10.6. The molecule has 0 aromatic heterocycles. The number of para-hydroxylation sites is 1. The van der Waals surface area contributed by atoms with Gasteiger partial charge < -0.3 is 23.8 Å². The Kier molecular flexibility index (Phi) is 7.92. The second-order valence-electron chi connectivity index (χ2n) is 6.34. The maximum Gasteiger partial charge on any atom is 0.119 e. The van der Waals surface area contributed by atoms with Crippen molar-refractivity contribution in [1.82, 2.24) is 0 Å². The van der Waals surface area contributed by atoms with Crippen LogP contribution in [0.15, 0.2) is 78.9 Å². The summed E-state index contributed by atoms with van der Waals surface area (Å²) in [5.74, 6) is 1.64. The molecule has 0 saturated heterocycles. The van der Waals surface area contributed by atoms with Crippen LogP contribution in [0.3, 0.4) is 0 Å². The van der Waals surface area contributed by atoms with Gasteiger partial charge in [0.2, 0.25) is 0 Å². The SMILES string of the molecule is COCCOc1ccc(N(c2ccccc2)c2ccc(OCCOC)cc2)cc1. The Morgan fingerprint density at radius 2 is 0.931 bits per heavy atom. The monoisotopic (exact) mass is 393 g/mol. The van der Waals surface area contributed by atoms with E-state index in [0.29, 0.717) is 26.4 Å². The fourth-order valence-corrected chi connectivity index (χ4v) is 2.89. The molecule has 0 aliphatic heterocycles. The number of hydrogen-bond donors (Lipinski definition) is 0. The molecule has 0 bridgehead atoms. The first-order valence-electron chi connectivity index (χ1n) is 9.60. The lowest BCUT2D eigenvalue weighted by Gasteiger charge is -2.25. The summed E-state index contributed by atoms with van der Waals surface area (Å²) in [4.78, 5) is 2.19. The molecule has 0 spiro atoms. The van der Waals surface area contributed by atoms with E-state index in [4.69, 9.17) is 18.9 Å². The predicted octanol–water partition coefficient (Wildman–Crippen LogP) is 5.21. The van der Waals surface area contributed by atoms with E-state index < -0.39 is 0 Å². The van der Waals surface area contributed by atoms with Crippen molar-refractivity contribution >= 4 is 17.1 Å². The summed E-state index contributed by atoms with van der Waals surface area (Å²) in [5, 5.41) is 0. The molecule has 0 atom stereocenters. The van der Waals surface area contributed by atoms with Crippen molar-refractivity contribution in [3.05, 3.63) is 78.9 Å². The van der Waals surface area contributed by atoms with Crippen LogP contribution in [0.25, 0.3) is 0 Å². The van der Waals surface area contributed by atoms with Crippen molar-refractivity contribution in [2.45, 2.75) is 0 Å². The minimum atomic E-state index is 0.531. The molecule has 5 heteroatoms. The molecule has 0 unspecified atom stereocenters. The predicted molar refractivity (Wildman–Crippen MR) is 116 cm³/mol. The van der Waals surface area contributed by atoms with E-state index in [-0.39, 0.29) is 0 Å². The van der Waals surface area contributed by atoms with Crippen LogP contribution in [-0.4, -0.2) is 40.6 Å². The molecule has 152 valence electrons. The highest BCUT2D eigenvalue weighted by molar-refractivity contribution is 5.76. The number of ether oxygens (including phenoxy) is 4. The van der Waals surface area contributed by atoms with Crippen molar-refractivity contribution in [1.29, 1.82) is 0 Å². The van der Waals surface area contributed by atoms with Gasteiger partial charge in [-0.05, 0) is 60.7 Å². The largest absolute Gasteiger partial charge is 0.491 e. The Morgan fingerprint density at radius 3 is 1.34 bits per heavy atom. The molecular formula is C24H27NO4. The number of nitrogens with zero attached hydrogens (tertiary/aromatic N) is 1. The summed E-state index contributed by atoms with van der Waals surface area (Å²) < 4.78 is 21.4. The first-order valence-corrected chi connectivity index (χ1v) is 9.60. The van der Waals surface area contributed by atoms with Crippen LogP contribution in [0, 0.1) is 0 Å². The van der Waals surface area contributed by atoms with Gasteiger partial charge in [-0.15, -0.1) is 0 Å². The van der Waals surface area contributed by atoms with Gasteiger partial charge >= 0.3 is 0 Å². The minimum Gasteiger partial charge on any atom is -0.491 e. The fraction of sp³-hybridized carbons (Fsp3) is 0.250. The zero-order valence-electron chi connectivity index (χ0n) is 16.9. The minimum absolute atomic E-state index is 0.531. The average Bonchev–Trinajstić information content (AvgIpc) is 2.77. The maximum atomic E-state index is 5.68. The van der Waals surface area contributed by atoms with Gasteiger partial charge in [0.15, 0.2) is 0 Å². The highest BCUT2D eigenvalue weighted by Crippen LogP contribution is 2.35. The third-order valence-corrected chi connectivity index (χ3v) is 4.32. The maximum absolute atomic E-state index is 5.68. The van der Waals surface area contributed by atoms with Gasteiger partial charge in [-0.25, -0.2) is 0 Å². The highest BCUT2D eigenvalue weighted by Gasteiger charge is 2.12. The molecule has 0 radical (unpaired) electrons. The average molecular weight is 393 g/mol. The molecule has 0 aliphatic rings. The van der Waals surface area contributed by atoms with Gasteiger partial charge in [0.25, 0.3) is 0 Å². The Bertz CT molecular complexity index is 782. The molecule has 0 N–H and O–H groups in total. The van der Waals surface area contributed by atoms with Gasteiger partial charge in [-0.2, -0.15) is 0 Å². The Balaban J connectivity index is 1.82. The van der Waals surface area contributed by atoms with Gasteiger partial charge in [-0.3, -0.25) is 0 Å². The summed E-state index contributed by atoms with van der Waals surface area (Å²) in [7, 11) is 3.33. The Hall–Kier alpha value is -3.02. The molecule has 3 aromatic carbocycles. The summed E-state index contributed by atoms with van der Waals surface area (Å²) in [6, 6.07) is 26.4. The van der Waals surface area contributed by atoms with E-state index >= 15 is 0 Å². The second-order valence-corrected chi connectivity index (χ2v) is 6.34. The van der Waals surface area contributed by atoms with Crippen LogP contribution in [-0.2, 0) is 9.47 Å². The zero-order chi connectivity index (χ0) is 20.3. The summed E-state index contributed by atoms with van der Waals surface area (Å²) in [6.07, 6.45) is 0. The molecule has 29 heavy (non-hydrogen) atoms. The number of hydrogen-bond acceptors (Lipinski definition) is 5. The third kappa shape index (κ3) is 5.98. The smallest absolute Gasteiger partial charge is 0.119 e. The molecular weight excluding hydrogens is 366 g/mol. The lowest BCUT2D eigenvalue weighted by atomic mass is 10.2. The van der Waals surface area contributed by atoms with Crippen molar-refractivity contribution in [2.24, 2.45) is 0 Å². The topological polar surface area (TPSA) is 40.2 Å². The van der Waals surface area contributed by atoms with Crippen molar-refractivity contribution in [3.8, 4) is 11.5 Å². The lowest BCUT2D eigenvalue weighted by Crippen LogP contribution is -2.10. The second kappa shape index (κ2) is 11.1. The molecule has 5 nitrogen and oxygen atoms in total. The molecule has 0 amide bonds. The van der Waals surface area contributed by atoms with E-state index in [1.807, 2.05) is 42.5 Å². The van der Waals surface area contributed by atoms with Crippen LogP contribution < -0.4 is 14.4 Å². The molecule has 3 rings (SSSR count). The number of methoxy groups -OCH3 is 2. The van der Waals surface area contributed by atoms with Crippen LogP contribution in [0.5, 0.6) is 11.5 Å². The quantitative estimate of drug-likeness (QED) is 0.419. The molecule has 0 fully saturated rings. The van der Waals surface area contributed by atoms with Crippen LogP contribution in [0.2, 0.25) is 0 Å². The lowest BCUT2D eigenvalue weighted by molar-refractivity contribution is 0.146. The van der Waals surface area contributed by atoms with Crippen molar-refractivity contribution in [3.63, 3.8) is 0 Å². The summed E-state index contributed by atoms with van der Waals surface area (Å²) in [5.41, 5.74) is 3.17. The number of rotatable bonds is 11. The Labute approximate surface area is 172 Å². The molecule has 0 heterocycles. The van der Waals surface area contributed by atoms with Crippen molar-refractivity contribution in [2.75, 3.05) is 45.5 Å². The van der Waals surface area contributed by atoms with Gasteiger partial charge in [0.05, 0.1) is 13.2 Å². The fourth-order valence-electron chi connectivity index (χ4n) is 2.89. The summed E-state index contributed by atoms with van der Waals surface area (Å²) in [6.45, 7) is 2.19. The van der Waals surface area contributed by atoms with Crippen LogP contribution in [0.4, 0.5) is 17.1 Å². The first-order chi connectivity index (χ1) is 14.3. The van der Waals surface area contributed by atoms with Gasteiger partial charge in [0, 0.05) is 31.3 Å². The number of benzene rings is 3. The van der Waals surface area contributed by atoms with Crippen LogP contribution in [0.1, 0.15) is 0 Å². The number of anilines is 3. The Morgan fingerprint density at radius 1 is 0.517 bits per heavy atom. The zero-order valence-corrected chi connectivity index (χ0v) is 16.9. The van der Waals surface area contributed by atoms with Crippen molar-refractivity contribution < 1.29 is 18.9 Å². The summed E-state index contributed by atoms with van der Waals surface area (Å²) >= 11 is 0. The third-order valence-electron chi connectivity index (χ3n) is 4.32. The highest BCUT2D eigenvalue weighted by atomic mass is 16.5. The van der Waals surface area contributed by atoms with E-state index in [0.717, 1.165) is 28.6 Å². The van der Waals surface area contributed by atoms with E-state index in [1.54, 1.807) is 14.2 Å². The standard InChI is InChI=1S/C24H27NO4/c1-26-16-18-28-23-12-8-21(9-13-23)25(20-6-4-3-5-7-20)22-10-14-24(15-11-22)29-19-17-27-2/h3-15H,16-19H2,1-2H3. The molecule has 0 aliphatic carbocycles. The molecule has 3 aromatic rings. The van der Waals surface area contributed by atoms with E-state index in [1.165, 1.54) is 0 Å². The van der Waals surface area contributed by atoms with Gasteiger partial charge in [-0.1, -0.05) is 18.2 Å².